The van der Waals surface area contributed by atoms with E-state index in [1.165, 1.54) is 0 Å². The number of allylic oxidation sites excluding steroid dienone is 2. The van der Waals surface area contributed by atoms with E-state index in [0.717, 1.165) is 19.3 Å². The molecule has 3 unspecified atom stereocenters. The molecule has 0 saturated heterocycles. The molecule has 0 heterocycles. The summed E-state index contributed by atoms with van der Waals surface area (Å²) in [6, 6.07) is 0. The van der Waals surface area contributed by atoms with Crippen LogP contribution in [0.3, 0.4) is 0 Å². The van der Waals surface area contributed by atoms with Gasteiger partial charge in [-0.2, -0.15) is 0 Å². The quantitative estimate of drug-likeness (QED) is 0.581. The summed E-state index contributed by atoms with van der Waals surface area (Å²) in [5.41, 5.74) is 0. The van der Waals surface area contributed by atoms with Gasteiger partial charge in [-0.25, -0.2) is 0 Å². The Bertz CT molecular complexity index is 398. The number of aliphatic carboxylic acids is 2. The van der Waals surface area contributed by atoms with Gasteiger partial charge in [0.25, 0.3) is 0 Å². The van der Waals surface area contributed by atoms with Crippen molar-refractivity contribution in [3.63, 3.8) is 0 Å². The van der Waals surface area contributed by atoms with Crippen molar-refractivity contribution in [2.75, 3.05) is 0 Å². The minimum atomic E-state index is -1.92. The summed E-state index contributed by atoms with van der Waals surface area (Å²) < 4.78 is 0. The molecule has 0 aromatic heterocycles. The number of carbonyl (C=O) groups is 3. The minimum Gasteiger partial charge on any atom is -0.480 e. The van der Waals surface area contributed by atoms with E-state index in [9.17, 15) is 14.4 Å². The van der Waals surface area contributed by atoms with Crippen molar-refractivity contribution in [3.05, 3.63) is 12.2 Å². The third kappa shape index (κ3) is 2.30. The van der Waals surface area contributed by atoms with Crippen molar-refractivity contribution in [2.45, 2.75) is 25.7 Å². The maximum Gasteiger partial charge on any atom is 0.325 e. The van der Waals surface area contributed by atoms with E-state index in [1.807, 2.05) is 6.08 Å². The number of carboxylic acids is 2. The van der Waals surface area contributed by atoms with Gasteiger partial charge in [0.05, 0.1) is 0 Å². The third-order valence-corrected chi connectivity index (χ3v) is 4.01. The molecule has 3 aliphatic carbocycles. The lowest BCUT2D eigenvalue weighted by Gasteiger charge is -2.23. The van der Waals surface area contributed by atoms with E-state index < -0.39 is 29.6 Å². The molecule has 1 saturated carbocycles. The van der Waals surface area contributed by atoms with Crippen LogP contribution >= 0.6 is 0 Å². The predicted octanol–water partition coefficient (Wildman–Crippen LogP) is 1.33. The standard InChI is InChI=1S/C13H16O5/c14-11(10(12(15)16)13(17)18)9-6-3-7-1-4-8(9)5-2-7/h1,4,7-10H,2-3,5-6H2,(H,15,16)(H,17,18). The monoisotopic (exact) mass is 252 g/mol. The molecule has 0 aliphatic heterocycles. The number of Topliss-reactive ketones (excluding diaryl/α,β-unsaturated/α-hetero) is 1. The zero-order chi connectivity index (χ0) is 13.3. The van der Waals surface area contributed by atoms with Crippen LogP contribution in [0.5, 0.6) is 0 Å². The van der Waals surface area contributed by atoms with Gasteiger partial charge in [-0.05, 0) is 37.5 Å². The van der Waals surface area contributed by atoms with E-state index in [0.29, 0.717) is 12.3 Å². The van der Waals surface area contributed by atoms with Crippen molar-refractivity contribution in [1.29, 1.82) is 0 Å². The van der Waals surface area contributed by atoms with Crippen molar-refractivity contribution >= 4 is 17.7 Å². The highest BCUT2D eigenvalue weighted by molar-refractivity contribution is 6.14. The highest BCUT2D eigenvalue weighted by Crippen LogP contribution is 2.39. The summed E-state index contributed by atoms with van der Waals surface area (Å²) in [5.74, 6) is -5.66. The van der Waals surface area contributed by atoms with Gasteiger partial charge in [0, 0.05) is 5.92 Å². The molecular formula is C13H16O5. The SMILES string of the molecule is O=C(O)C(C(=O)O)C(=O)C1CCC2C=CC1CC2. The van der Waals surface area contributed by atoms with Gasteiger partial charge in [0.2, 0.25) is 5.92 Å². The second-order valence-electron chi connectivity index (χ2n) is 5.08. The van der Waals surface area contributed by atoms with Crippen LogP contribution in [0.1, 0.15) is 25.7 Å². The fraction of sp³-hybridized carbons (Fsp3) is 0.615. The minimum absolute atomic E-state index is 0.0115. The number of hydrogen-bond acceptors (Lipinski definition) is 3. The molecule has 2 bridgehead atoms. The Morgan fingerprint density at radius 3 is 2.06 bits per heavy atom. The number of hydrogen-bond donors (Lipinski definition) is 2. The van der Waals surface area contributed by atoms with Crippen LogP contribution < -0.4 is 0 Å². The Morgan fingerprint density at radius 2 is 1.56 bits per heavy atom. The Hall–Kier alpha value is -1.65. The lowest BCUT2D eigenvalue weighted by atomic mass is 9.79. The molecule has 0 amide bonds. The van der Waals surface area contributed by atoms with Gasteiger partial charge >= 0.3 is 11.9 Å². The maximum absolute atomic E-state index is 12.1. The topological polar surface area (TPSA) is 91.7 Å². The summed E-state index contributed by atoms with van der Waals surface area (Å²) in [4.78, 5) is 33.9. The van der Waals surface area contributed by atoms with E-state index in [-0.39, 0.29) is 5.92 Å². The average Bonchev–Trinajstić information content (AvgIpc) is 2.60. The van der Waals surface area contributed by atoms with Gasteiger partial charge in [0.1, 0.15) is 0 Å². The van der Waals surface area contributed by atoms with E-state index in [1.54, 1.807) is 0 Å². The first-order valence-corrected chi connectivity index (χ1v) is 6.18. The first kappa shape index (κ1) is 12.8. The molecular weight excluding hydrogens is 236 g/mol. The number of fused-ring (bicyclic) bond motifs is 3. The van der Waals surface area contributed by atoms with Crippen LogP contribution in [0.25, 0.3) is 0 Å². The first-order chi connectivity index (χ1) is 8.50. The van der Waals surface area contributed by atoms with E-state index in [4.69, 9.17) is 10.2 Å². The Kier molecular flexibility index (Phi) is 3.50. The van der Waals surface area contributed by atoms with Crippen LogP contribution in [0, 0.1) is 23.7 Å². The molecule has 5 heteroatoms. The molecule has 2 N–H and O–H groups in total. The Morgan fingerprint density at radius 1 is 0.944 bits per heavy atom. The maximum atomic E-state index is 12.1. The van der Waals surface area contributed by atoms with Crippen LogP contribution in [-0.2, 0) is 14.4 Å². The van der Waals surface area contributed by atoms with Crippen molar-refractivity contribution in [1.82, 2.24) is 0 Å². The summed E-state index contributed by atoms with van der Waals surface area (Å²) in [6.45, 7) is 0. The van der Waals surface area contributed by atoms with Gasteiger partial charge in [-0.3, -0.25) is 14.4 Å². The predicted molar refractivity (Wildman–Crippen MR) is 61.8 cm³/mol. The number of rotatable bonds is 4. The molecule has 3 rings (SSSR count). The molecule has 3 aliphatic rings. The summed E-state index contributed by atoms with van der Waals surface area (Å²) in [7, 11) is 0. The van der Waals surface area contributed by atoms with E-state index in [2.05, 4.69) is 6.08 Å². The van der Waals surface area contributed by atoms with Gasteiger partial charge in [-0.15, -0.1) is 0 Å². The van der Waals surface area contributed by atoms with Crippen molar-refractivity contribution in [3.8, 4) is 0 Å². The average molecular weight is 252 g/mol. The number of carbonyl (C=O) groups excluding carboxylic acids is 1. The number of ketones is 1. The zero-order valence-electron chi connectivity index (χ0n) is 9.91. The van der Waals surface area contributed by atoms with Crippen molar-refractivity contribution in [2.24, 2.45) is 23.7 Å². The van der Waals surface area contributed by atoms with Gasteiger partial charge < -0.3 is 10.2 Å². The molecule has 0 spiro atoms. The van der Waals surface area contributed by atoms with Crippen LogP contribution in [0.4, 0.5) is 0 Å². The smallest absolute Gasteiger partial charge is 0.325 e. The fourth-order valence-electron chi connectivity index (χ4n) is 3.00. The lowest BCUT2D eigenvalue weighted by molar-refractivity contribution is -0.159. The Balaban J connectivity index is 2.20. The lowest BCUT2D eigenvalue weighted by Crippen LogP contribution is -2.38. The summed E-state index contributed by atoms with van der Waals surface area (Å²) >= 11 is 0. The summed E-state index contributed by atoms with van der Waals surface area (Å²) in [6.07, 6.45) is 7.34. The fourth-order valence-corrected chi connectivity index (χ4v) is 3.00. The molecule has 0 radical (unpaired) electrons. The first-order valence-electron chi connectivity index (χ1n) is 6.18. The second kappa shape index (κ2) is 4.92. The van der Waals surface area contributed by atoms with Crippen LogP contribution in [0.15, 0.2) is 12.2 Å². The molecule has 0 aromatic carbocycles. The largest absolute Gasteiger partial charge is 0.480 e. The van der Waals surface area contributed by atoms with Crippen LogP contribution in [-0.4, -0.2) is 27.9 Å². The molecule has 98 valence electrons. The third-order valence-electron chi connectivity index (χ3n) is 4.01. The normalized spacial score (nSPS) is 30.2. The van der Waals surface area contributed by atoms with Crippen molar-refractivity contribution < 1.29 is 24.6 Å². The molecule has 1 fully saturated rings. The molecule has 5 nitrogen and oxygen atoms in total. The number of carboxylic acid groups (broad SMARTS) is 2. The highest BCUT2D eigenvalue weighted by atomic mass is 16.4. The molecule has 18 heavy (non-hydrogen) atoms. The van der Waals surface area contributed by atoms with Gasteiger partial charge in [-0.1, -0.05) is 12.2 Å². The second-order valence-corrected chi connectivity index (χ2v) is 5.08. The van der Waals surface area contributed by atoms with Crippen LogP contribution in [0.2, 0.25) is 0 Å². The summed E-state index contributed by atoms with van der Waals surface area (Å²) in [5, 5.41) is 17.7. The Labute approximate surface area is 104 Å². The molecule has 3 atom stereocenters. The zero-order valence-corrected chi connectivity index (χ0v) is 9.91. The highest BCUT2D eigenvalue weighted by Gasteiger charge is 2.42. The van der Waals surface area contributed by atoms with Gasteiger partial charge in [0.15, 0.2) is 5.78 Å². The molecule has 0 aromatic rings. The van der Waals surface area contributed by atoms with E-state index >= 15 is 0 Å².